The van der Waals surface area contributed by atoms with E-state index in [1.807, 2.05) is 59.1 Å². The molecule has 0 spiro atoms. The fourth-order valence-electron chi connectivity index (χ4n) is 3.82. The normalized spacial score (nSPS) is 14.4. The van der Waals surface area contributed by atoms with Crippen LogP contribution in [0.4, 0.5) is 5.95 Å². The molecular weight excluding hydrogens is 366 g/mol. The summed E-state index contributed by atoms with van der Waals surface area (Å²) >= 11 is 0. The molecule has 5 rings (SSSR count). The Kier molecular flexibility index (Phi) is 4.57. The molecule has 1 amide bonds. The lowest BCUT2D eigenvalue weighted by atomic mass is 10.1. The average molecular weight is 388 g/mol. The Morgan fingerprint density at radius 3 is 2.86 bits per heavy atom. The van der Waals surface area contributed by atoms with E-state index in [4.69, 9.17) is 4.74 Å². The summed E-state index contributed by atoms with van der Waals surface area (Å²) < 4.78 is 7.49. The van der Waals surface area contributed by atoms with Gasteiger partial charge in [0.25, 0.3) is 5.91 Å². The molecule has 3 aromatic heterocycles. The van der Waals surface area contributed by atoms with Gasteiger partial charge in [0.15, 0.2) is 5.52 Å². The molecule has 1 aromatic carbocycles. The Morgan fingerprint density at radius 2 is 1.97 bits per heavy atom. The highest BCUT2D eigenvalue weighted by Crippen LogP contribution is 2.17. The molecule has 0 saturated carbocycles. The van der Waals surface area contributed by atoms with E-state index in [2.05, 4.69) is 20.2 Å². The molecule has 0 atom stereocenters. The summed E-state index contributed by atoms with van der Waals surface area (Å²) in [4.78, 5) is 23.0. The van der Waals surface area contributed by atoms with Crippen molar-refractivity contribution in [2.24, 2.45) is 0 Å². The van der Waals surface area contributed by atoms with Crippen molar-refractivity contribution in [1.82, 2.24) is 15.3 Å². The van der Waals surface area contributed by atoms with Gasteiger partial charge in [-0.3, -0.25) is 14.7 Å². The first-order valence-corrected chi connectivity index (χ1v) is 9.77. The lowest BCUT2D eigenvalue weighted by molar-refractivity contribution is -0.497. The molecule has 4 aromatic rings. The second-order valence-electron chi connectivity index (χ2n) is 7.05. The zero-order chi connectivity index (χ0) is 19.6. The summed E-state index contributed by atoms with van der Waals surface area (Å²) in [5.74, 6) is 0.775. The largest absolute Gasteiger partial charge is 0.375 e. The van der Waals surface area contributed by atoms with E-state index in [-0.39, 0.29) is 5.91 Å². The van der Waals surface area contributed by atoms with E-state index in [9.17, 15) is 4.79 Å². The lowest BCUT2D eigenvalue weighted by Gasteiger charge is -2.21. The van der Waals surface area contributed by atoms with E-state index in [1.54, 1.807) is 6.20 Å². The first-order valence-electron chi connectivity index (χ1n) is 9.77. The van der Waals surface area contributed by atoms with Gasteiger partial charge in [-0.25, -0.2) is 9.38 Å². The van der Waals surface area contributed by atoms with Crippen LogP contribution >= 0.6 is 0 Å². The number of aromatic nitrogens is 3. The predicted molar refractivity (Wildman–Crippen MR) is 110 cm³/mol. The number of para-hydroxylation sites is 1. The molecule has 1 fully saturated rings. The minimum atomic E-state index is -0.130. The summed E-state index contributed by atoms with van der Waals surface area (Å²) in [5, 5.41) is 4.11. The molecule has 4 heterocycles. The van der Waals surface area contributed by atoms with E-state index >= 15 is 0 Å². The van der Waals surface area contributed by atoms with Crippen LogP contribution in [-0.2, 0) is 11.3 Å². The molecule has 146 valence electrons. The lowest BCUT2D eigenvalue weighted by Crippen LogP contribution is -2.41. The summed E-state index contributed by atoms with van der Waals surface area (Å²) in [6, 6.07) is 15.8. The maximum absolute atomic E-state index is 13.0. The monoisotopic (exact) mass is 388 g/mol. The van der Waals surface area contributed by atoms with Gasteiger partial charge in [-0.1, -0.05) is 24.3 Å². The number of pyridine rings is 2. The van der Waals surface area contributed by atoms with E-state index in [1.165, 1.54) is 0 Å². The molecule has 0 bridgehead atoms. The Bertz CT molecular complexity index is 1170. The number of amides is 1. The third-order valence-corrected chi connectivity index (χ3v) is 5.30. The minimum Gasteiger partial charge on any atom is -0.375 e. The zero-order valence-electron chi connectivity index (χ0n) is 16.0. The third kappa shape index (κ3) is 3.30. The smallest absolute Gasteiger partial charge is 0.363 e. The van der Waals surface area contributed by atoms with Gasteiger partial charge in [-0.2, -0.15) is 0 Å². The van der Waals surface area contributed by atoms with Crippen LogP contribution in [-0.4, -0.2) is 42.2 Å². The zero-order valence-corrected chi connectivity index (χ0v) is 16.0. The number of morpholine rings is 1. The molecule has 29 heavy (non-hydrogen) atoms. The maximum atomic E-state index is 13.0. The summed E-state index contributed by atoms with van der Waals surface area (Å²) in [5.41, 5.74) is 3.38. The highest BCUT2D eigenvalue weighted by molar-refractivity contribution is 5.98. The van der Waals surface area contributed by atoms with Crippen molar-refractivity contribution in [1.29, 1.82) is 0 Å². The summed E-state index contributed by atoms with van der Waals surface area (Å²) in [6.45, 7) is 3.39. The van der Waals surface area contributed by atoms with Crippen molar-refractivity contribution in [3.05, 3.63) is 72.2 Å². The molecular formula is C22H22N5O2+. The van der Waals surface area contributed by atoms with Crippen molar-refractivity contribution in [2.75, 3.05) is 31.2 Å². The van der Waals surface area contributed by atoms with Crippen LogP contribution in [0.2, 0.25) is 0 Å². The van der Waals surface area contributed by atoms with Crippen LogP contribution in [0.5, 0.6) is 0 Å². The van der Waals surface area contributed by atoms with Crippen molar-refractivity contribution < 1.29 is 13.9 Å². The van der Waals surface area contributed by atoms with Gasteiger partial charge >= 0.3 is 5.95 Å². The van der Waals surface area contributed by atoms with E-state index in [0.29, 0.717) is 25.5 Å². The van der Waals surface area contributed by atoms with E-state index in [0.717, 1.165) is 41.0 Å². The number of carbonyl (C=O) groups excluding carboxylic acids is 1. The molecule has 2 N–H and O–H groups in total. The van der Waals surface area contributed by atoms with Crippen LogP contribution in [0.15, 0.2) is 60.9 Å². The maximum Gasteiger partial charge on any atom is 0.363 e. The Hall–Kier alpha value is -3.45. The Labute approximate surface area is 167 Å². The number of ether oxygens (including phenoxy) is 1. The number of aromatic amines is 1. The highest BCUT2D eigenvalue weighted by Gasteiger charge is 2.28. The number of hydrogen-bond donors (Lipinski definition) is 2. The number of fused-ring (bicyclic) bond motifs is 2. The van der Waals surface area contributed by atoms with Crippen LogP contribution in [0.1, 0.15) is 16.1 Å². The molecule has 7 nitrogen and oxygen atoms in total. The van der Waals surface area contributed by atoms with Crippen molar-refractivity contribution >= 4 is 28.3 Å². The van der Waals surface area contributed by atoms with Gasteiger partial charge in [-0.15, -0.1) is 0 Å². The number of anilines is 1. The first kappa shape index (κ1) is 17.6. The average Bonchev–Trinajstić information content (AvgIpc) is 3.18. The number of rotatable bonds is 4. The van der Waals surface area contributed by atoms with Crippen molar-refractivity contribution in [3.8, 4) is 0 Å². The van der Waals surface area contributed by atoms with Crippen LogP contribution < -0.4 is 14.6 Å². The number of benzene rings is 1. The molecule has 1 aliphatic heterocycles. The molecule has 7 heteroatoms. The predicted octanol–water partition coefficient (Wildman–Crippen LogP) is 2.07. The van der Waals surface area contributed by atoms with Gasteiger partial charge in [0, 0.05) is 18.1 Å². The van der Waals surface area contributed by atoms with Crippen LogP contribution in [0.3, 0.4) is 0 Å². The second-order valence-corrected chi connectivity index (χ2v) is 7.05. The Morgan fingerprint density at radius 1 is 1.14 bits per heavy atom. The van der Waals surface area contributed by atoms with Gasteiger partial charge < -0.3 is 10.1 Å². The van der Waals surface area contributed by atoms with Gasteiger partial charge in [0.2, 0.25) is 5.69 Å². The standard InChI is InChI=1S/C22H21N5O2/c28-21(24-15-16-8-9-23-18-6-2-1-5-17(16)18)20-19-7-3-4-10-27(19)22(25-20)26-11-13-29-14-12-26/h1-10H,11-15H2,(H,24,28)/p+1. The number of nitrogens with one attached hydrogen (secondary N) is 2. The fourth-order valence-corrected chi connectivity index (χ4v) is 3.82. The van der Waals surface area contributed by atoms with Crippen molar-refractivity contribution in [2.45, 2.75) is 6.54 Å². The Balaban J connectivity index is 1.43. The summed E-state index contributed by atoms with van der Waals surface area (Å²) in [6.07, 6.45) is 3.75. The first-order chi connectivity index (χ1) is 14.3. The molecule has 1 aliphatic rings. The topological polar surface area (TPSA) is 74.3 Å². The van der Waals surface area contributed by atoms with Gasteiger partial charge in [0.1, 0.15) is 0 Å². The highest BCUT2D eigenvalue weighted by atomic mass is 16.5. The fraction of sp³-hybridized carbons (Fsp3) is 0.227. The molecule has 0 unspecified atom stereocenters. The summed E-state index contributed by atoms with van der Waals surface area (Å²) in [7, 11) is 0. The second kappa shape index (κ2) is 7.52. The number of carbonyl (C=O) groups is 1. The van der Waals surface area contributed by atoms with Gasteiger partial charge in [-0.05, 0) is 29.8 Å². The quantitative estimate of drug-likeness (QED) is 0.525. The van der Waals surface area contributed by atoms with Gasteiger partial charge in [0.05, 0.1) is 38.0 Å². The van der Waals surface area contributed by atoms with E-state index < -0.39 is 0 Å². The van der Waals surface area contributed by atoms with Crippen LogP contribution in [0, 0.1) is 0 Å². The SMILES string of the molecule is O=C(NCc1ccnc2ccccc12)c1[nH]c(N2CCOCC2)[n+]2ccccc12. The third-order valence-electron chi connectivity index (χ3n) is 5.30. The molecule has 1 saturated heterocycles. The number of nitrogens with zero attached hydrogens (tertiary/aromatic N) is 3. The number of imidazole rings is 1. The van der Waals surface area contributed by atoms with Crippen molar-refractivity contribution in [3.63, 3.8) is 0 Å². The number of hydrogen-bond acceptors (Lipinski definition) is 4. The minimum absolute atomic E-state index is 0.130. The van der Waals surface area contributed by atoms with Crippen LogP contribution in [0.25, 0.3) is 16.4 Å². The molecule has 0 radical (unpaired) electrons. The number of H-pyrrole nitrogens is 1. The molecule has 0 aliphatic carbocycles.